The topological polar surface area (TPSA) is 35.5 Å². The summed E-state index contributed by atoms with van der Waals surface area (Å²) in [4.78, 5) is 10.6. The minimum Gasteiger partial charge on any atom is -0.432 e. The first-order valence-corrected chi connectivity index (χ1v) is 4.28. The van der Waals surface area contributed by atoms with E-state index in [1.807, 2.05) is 22.6 Å². The van der Waals surface area contributed by atoms with Crippen molar-refractivity contribution in [3.05, 3.63) is 0 Å². The maximum atomic E-state index is 10.6. The van der Waals surface area contributed by atoms with E-state index in [0.29, 0.717) is 0 Å². The Morgan fingerprint density at radius 3 is 2.10 bits per heavy atom. The molecule has 0 amide bonds. The molecule has 0 N–H and O–H groups in total. The van der Waals surface area contributed by atoms with E-state index in [0.717, 1.165) is 0 Å². The number of ether oxygens (including phenoxy) is 2. The molecule has 0 fully saturated rings. The third-order valence-corrected chi connectivity index (χ3v) is 0.845. The van der Waals surface area contributed by atoms with Crippen LogP contribution in [-0.2, 0) is 9.47 Å². The second-order valence-corrected chi connectivity index (χ2v) is 3.83. The Morgan fingerprint density at radius 2 is 1.80 bits per heavy atom. The van der Waals surface area contributed by atoms with Crippen molar-refractivity contribution in [2.45, 2.75) is 31.0 Å². The molecule has 3 nitrogen and oxygen atoms in total. The lowest BCUT2D eigenvalue weighted by Crippen LogP contribution is -2.15. The average molecular weight is 258 g/mol. The van der Waals surface area contributed by atoms with E-state index in [1.165, 1.54) is 0 Å². The minimum absolute atomic E-state index is 0.109. The van der Waals surface area contributed by atoms with E-state index in [-0.39, 0.29) is 10.2 Å². The van der Waals surface area contributed by atoms with Gasteiger partial charge in [-0.1, -0.05) is 0 Å². The standard InChI is InChI=1S/C6H11IO3/c1-4(2)9-6(8)10-5(3)7/h4-5H,1-3H3/t5-/m0/s1. The van der Waals surface area contributed by atoms with Gasteiger partial charge in [0.1, 0.15) is 0 Å². The van der Waals surface area contributed by atoms with Gasteiger partial charge in [0.2, 0.25) is 0 Å². The van der Waals surface area contributed by atoms with Gasteiger partial charge in [0, 0.05) is 0 Å². The zero-order valence-electron chi connectivity index (χ0n) is 6.26. The Kier molecular flexibility index (Phi) is 4.76. The van der Waals surface area contributed by atoms with Crippen LogP contribution in [0.4, 0.5) is 4.79 Å². The molecule has 0 spiro atoms. The van der Waals surface area contributed by atoms with E-state index in [9.17, 15) is 4.79 Å². The molecule has 0 heterocycles. The van der Waals surface area contributed by atoms with Crippen molar-refractivity contribution in [3.63, 3.8) is 0 Å². The lowest BCUT2D eigenvalue weighted by molar-refractivity contribution is 0.0342. The first-order valence-electron chi connectivity index (χ1n) is 3.03. The molecule has 60 valence electrons. The lowest BCUT2D eigenvalue weighted by atomic mass is 10.5. The van der Waals surface area contributed by atoms with Crippen LogP contribution in [0, 0.1) is 0 Å². The summed E-state index contributed by atoms with van der Waals surface area (Å²) in [6.45, 7) is 5.32. The molecular weight excluding hydrogens is 247 g/mol. The fraction of sp³-hybridized carbons (Fsp3) is 0.833. The zero-order valence-corrected chi connectivity index (χ0v) is 8.41. The van der Waals surface area contributed by atoms with Crippen LogP contribution in [0.3, 0.4) is 0 Å². The summed E-state index contributed by atoms with van der Waals surface area (Å²) >= 11 is 1.98. The van der Waals surface area contributed by atoms with Crippen LogP contribution in [0.5, 0.6) is 0 Å². The van der Waals surface area contributed by atoms with Gasteiger partial charge < -0.3 is 9.47 Å². The Labute approximate surface area is 74.2 Å². The fourth-order valence-corrected chi connectivity index (χ4v) is 0.560. The molecule has 0 aliphatic heterocycles. The smallest absolute Gasteiger partial charge is 0.432 e. The number of rotatable bonds is 2. The average Bonchev–Trinajstić information content (AvgIpc) is 1.58. The number of carbonyl (C=O) groups is 1. The molecule has 0 bridgehead atoms. The first-order chi connectivity index (χ1) is 4.52. The van der Waals surface area contributed by atoms with E-state index in [4.69, 9.17) is 4.74 Å². The van der Waals surface area contributed by atoms with E-state index >= 15 is 0 Å². The molecule has 4 heteroatoms. The molecule has 10 heavy (non-hydrogen) atoms. The Bertz CT molecular complexity index is 99.6. The van der Waals surface area contributed by atoms with Gasteiger partial charge in [-0.25, -0.2) is 4.79 Å². The number of alkyl halides is 1. The lowest BCUT2D eigenvalue weighted by Gasteiger charge is -2.09. The number of hydrogen-bond donors (Lipinski definition) is 0. The quantitative estimate of drug-likeness (QED) is 0.433. The predicted octanol–water partition coefficient (Wildman–Crippen LogP) is 2.33. The van der Waals surface area contributed by atoms with Gasteiger partial charge in [-0.3, -0.25) is 0 Å². The molecule has 0 radical (unpaired) electrons. The second kappa shape index (κ2) is 4.76. The third-order valence-electron chi connectivity index (χ3n) is 0.591. The summed E-state index contributed by atoms with van der Waals surface area (Å²) in [5, 5.41) is 0. The van der Waals surface area contributed by atoms with Crippen molar-refractivity contribution in [1.82, 2.24) is 0 Å². The Morgan fingerprint density at radius 1 is 1.30 bits per heavy atom. The van der Waals surface area contributed by atoms with Gasteiger partial charge in [0.15, 0.2) is 4.11 Å². The van der Waals surface area contributed by atoms with Gasteiger partial charge in [-0.15, -0.1) is 0 Å². The molecule has 0 unspecified atom stereocenters. The van der Waals surface area contributed by atoms with E-state index in [1.54, 1.807) is 20.8 Å². The van der Waals surface area contributed by atoms with Crippen LogP contribution in [0.25, 0.3) is 0 Å². The van der Waals surface area contributed by atoms with Gasteiger partial charge in [0.05, 0.1) is 6.10 Å². The second-order valence-electron chi connectivity index (χ2n) is 2.08. The molecule has 0 aromatic heterocycles. The van der Waals surface area contributed by atoms with Gasteiger partial charge in [-0.2, -0.15) is 0 Å². The largest absolute Gasteiger partial charge is 0.509 e. The summed E-state index contributed by atoms with van der Waals surface area (Å²) in [6.07, 6.45) is -0.709. The third kappa shape index (κ3) is 6.12. The molecule has 0 saturated carbocycles. The van der Waals surface area contributed by atoms with Crippen LogP contribution in [0.2, 0.25) is 0 Å². The Hall–Kier alpha value is 0. The normalized spacial score (nSPS) is 12.9. The van der Waals surface area contributed by atoms with Crippen LogP contribution in [-0.4, -0.2) is 16.4 Å². The van der Waals surface area contributed by atoms with Gasteiger partial charge in [-0.05, 0) is 43.4 Å². The van der Waals surface area contributed by atoms with Crippen molar-refractivity contribution in [2.24, 2.45) is 0 Å². The monoisotopic (exact) mass is 258 g/mol. The van der Waals surface area contributed by atoms with Crippen molar-refractivity contribution >= 4 is 28.7 Å². The van der Waals surface area contributed by atoms with Crippen molar-refractivity contribution in [2.75, 3.05) is 0 Å². The Balaban J connectivity index is 3.44. The van der Waals surface area contributed by atoms with Gasteiger partial charge >= 0.3 is 6.16 Å². The molecule has 0 aromatic carbocycles. The molecule has 0 rings (SSSR count). The highest BCUT2D eigenvalue weighted by Crippen LogP contribution is 2.03. The van der Waals surface area contributed by atoms with Crippen molar-refractivity contribution in [1.29, 1.82) is 0 Å². The fourth-order valence-electron chi connectivity index (χ4n) is 0.353. The van der Waals surface area contributed by atoms with E-state index < -0.39 is 6.16 Å². The maximum Gasteiger partial charge on any atom is 0.509 e. The predicted molar refractivity (Wildman–Crippen MR) is 46.2 cm³/mol. The highest BCUT2D eigenvalue weighted by atomic mass is 127. The summed E-state index contributed by atoms with van der Waals surface area (Å²) in [5.74, 6) is 0. The van der Waals surface area contributed by atoms with Crippen LogP contribution < -0.4 is 0 Å². The highest BCUT2D eigenvalue weighted by molar-refractivity contribution is 14.1. The van der Waals surface area contributed by atoms with Crippen LogP contribution >= 0.6 is 22.6 Å². The summed E-state index contributed by atoms with van der Waals surface area (Å²) < 4.78 is 9.25. The number of carbonyl (C=O) groups excluding carboxylic acids is 1. The SMILES string of the molecule is CC(C)OC(=O)O[C@@H](C)I. The molecule has 0 saturated heterocycles. The van der Waals surface area contributed by atoms with Crippen LogP contribution in [0.15, 0.2) is 0 Å². The molecular formula is C6H11IO3. The summed E-state index contributed by atoms with van der Waals surface area (Å²) in [6, 6.07) is 0. The zero-order chi connectivity index (χ0) is 8.15. The highest BCUT2D eigenvalue weighted by Gasteiger charge is 2.08. The van der Waals surface area contributed by atoms with E-state index in [2.05, 4.69) is 4.74 Å². The van der Waals surface area contributed by atoms with Crippen molar-refractivity contribution < 1.29 is 14.3 Å². The molecule has 0 aromatic rings. The van der Waals surface area contributed by atoms with Gasteiger partial charge in [0.25, 0.3) is 0 Å². The summed E-state index contributed by atoms with van der Waals surface area (Å²) in [5.41, 5.74) is 0. The number of halogens is 1. The first kappa shape index (κ1) is 10.0. The number of hydrogen-bond acceptors (Lipinski definition) is 3. The molecule has 0 aliphatic carbocycles. The molecule has 0 aliphatic rings. The maximum absolute atomic E-state index is 10.6. The summed E-state index contributed by atoms with van der Waals surface area (Å²) in [7, 11) is 0. The van der Waals surface area contributed by atoms with Crippen molar-refractivity contribution in [3.8, 4) is 0 Å². The van der Waals surface area contributed by atoms with Crippen LogP contribution in [0.1, 0.15) is 20.8 Å². The minimum atomic E-state index is -0.600. The molecule has 1 atom stereocenters.